The molecule has 10 heteroatoms. The number of aliphatic imine (C=N–C) groups is 1. The quantitative estimate of drug-likeness (QED) is 0.355. The van der Waals surface area contributed by atoms with E-state index in [1.54, 1.807) is 22.8 Å². The summed E-state index contributed by atoms with van der Waals surface area (Å²) < 4.78 is 1.70. The predicted molar refractivity (Wildman–Crippen MR) is 116 cm³/mol. The first-order chi connectivity index (χ1) is 14.5. The highest BCUT2D eigenvalue weighted by Crippen LogP contribution is 2.17. The van der Waals surface area contributed by atoms with Gasteiger partial charge in [-0.05, 0) is 45.3 Å². The van der Waals surface area contributed by atoms with Crippen molar-refractivity contribution >= 4 is 23.5 Å². The molecule has 0 atom stereocenters. The number of aryl methyl sites for hydroxylation is 1. The summed E-state index contributed by atoms with van der Waals surface area (Å²) in [6, 6.07) is 0. The number of aromatic nitrogens is 2. The third-order valence-corrected chi connectivity index (χ3v) is 5.91. The molecule has 2 saturated heterocycles. The van der Waals surface area contributed by atoms with Gasteiger partial charge >= 0.3 is 0 Å². The number of nitrogens with zero attached hydrogens (tertiary/aromatic N) is 6. The van der Waals surface area contributed by atoms with Crippen LogP contribution in [0, 0.1) is 5.92 Å². The van der Waals surface area contributed by atoms with E-state index in [4.69, 9.17) is 5.73 Å². The molecule has 0 unspecified atom stereocenters. The van der Waals surface area contributed by atoms with Crippen LogP contribution in [0.4, 0.5) is 5.69 Å². The smallest absolute Gasteiger partial charge is 0.246 e. The largest absolute Gasteiger partial charge is 0.369 e. The number of piperidine rings is 1. The first-order valence-electron chi connectivity index (χ1n) is 10.7. The molecule has 3 heterocycles. The molecule has 0 spiro atoms. The molecule has 2 fully saturated rings. The van der Waals surface area contributed by atoms with E-state index in [2.05, 4.69) is 20.3 Å². The Morgan fingerprint density at radius 2 is 2.03 bits per heavy atom. The van der Waals surface area contributed by atoms with Crippen LogP contribution in [0.15, 0.2) is 17.4 Å². The molecule has 10 nitrogen and oxygen atoms in total. The molecule has 166 valence electrons. The van der Waals surface area contributed by atoms with Gasteiger partial charge in [0.2, 0.25) is 11.8 Å². The molecule has 0 aromatic carbocycles. The van der Waals surface area contributed by atoms with Crippen LogP contribution in [0.25, 0.3) is 0 Å². The van der Waals surface area contributed by atoms with Gasteiger partial charge in [-0.2, -0.15) is 5.10 Å². The number of unbranched alkanes of at least 4 members (excludes halogenated alkanes) is 1. The van der Waals surface area contributed by atoms with Gasteiger partial charge in [0.05, 0.1) is 11.9 Å². The monoisotopic (exact) mass is 418 g/mol. The van der Waals surface area contributed by atoms with Gasteiger partial charge in [0, 0.05) is 45.8 Å². The lowest BCUT2D eigenvalue weighted by Crippen LogP contribution is -2.55. The minimum Gasteiger partial charge on any atom is -0.369 e. The molecular weight excluding hydrogens is 384 g/mol. The predicted octanol–water partition coefficient (Wildman–Crippen LogP) is -0.378. The van der Waals surface area contributed by atoms with E-state index < -0.39 is 0 Å². The molecule has 0 saturated carbocycles. The lowest BCUT2D eigenvalue weighted by atomic mass is 9.96. The zero-order valence-electron chi connectivity index (χ0n) is 18.1. The molecule has 30 heavy (non-hydrogen) atoms. The van der Waals surface area contributed by atoms with Crippen molar-refractivity contribution in [2.75, 3.05) is 57.8 Å². The number of hydrogen-bond donors (Lipinski definition) is 2. The van der Waals surface area contributed by atoms with Gasteiger partial charge in [0.15, 0.2) is 5.96 Å². The van der Waals surface area contributed by atoms with Crippen LogP contribution < -0.4 is 16.0 Å². The average molecular weight is 419 g/mol. The van der Waals surface area contributed by atoms with Crippen molar-refractivity contribution in [3.05, 3.63) is 12.4 Å². The highest BCUT2D eigenvalue weighted by Gasteiger charge is 2.27. The van der Waals surface area contributed by atoms with Crippen LogP contribution in [0.2, 0.25) is 0 Å². The van der Waals surface area contributed by atoms with Crippen molar-refractivity contribution in [3.63, 3.8) is 0 Å². The number of guanidine groups is 1. The Morgan fingerprint density at radius 3 is 2.63 bits per heavy atom. The van der Waals surface area contributed by atoms with E-state index in [-0.39, 0.29) is 17.7 Å². The van der Waals surface area contributed by atoms with Crippen LogP contribution in [0.5, 0.6) is 0 Å². The SMILES string of the molecule is CN=C(NCCCCN1CCC(C(N)=O)CC1)N1CCN(c2cnn(C)c2)C(=O)C1. The Balaban J connectivity index is 1.34. The Kier molecular flexibility index (Phi) is 7.67. The van der Waals surface area contributed by atoms with E-state index in [1.807, 2.05) is 18.1 Å². The Morgan fingerprint density at radius 1 is 1.27 bits per heavy atom. The second-order valence-electron chi connectivity index (χ2n) is 8.04. The Bertz CT molecular complexity index is 754. The van der Waals surface area contributed by atoms with Crippen LogP contribution in [-0.2, 0) is 16.6 Å². The number of amides is 2. The van der Waals surface area contributed by atoms with Crippen LogP contribution in [-0.4, -0.2) is 90.2 Å². The fourth-order valence-electron chi connectivity index (χ4n) is 4.11. The van der Waals surface area contributed by atoms with Crippen molar-refractivity contribution < 1.29 is 9.59 Å². The molecule has 2 aliphatic rings. The van der Waals surface area contributed by atoms with Gasteiger partial charge in [0.1, 0.15) is 6.54 Å². The summed E-state index contributed by atoms with van der Waals surface area (Å²) in [4.78, 5) is 34.4. The molecule has 0 bridgehead atoms. The fraction of sp³-hybridized carbons (Fsp3) is 0.700. The van der Waals surface area contributed by atoms with Crippen molar-refractivity contribution in [2.24, 2.45) is 23.7 Å². The molecule has 3 rings (SSSR count). The van der Waals surface area contributed by atoms with Crippen LogP contribution in [0.1, 0.15) is 25.7 Å². The summed E-state index contributed by atoms with van der Waals surface area (Å²) in [5.74, 6) is 0.713. The number of primary amides is 1. The molecule has 0 aliphatic carbocycles. The van der Waals surface area contributed by atoms with Gasteiger partial charge < -0.3 is 25.8 Å². The molecule has 2 amide bonds. The van der Waals surface area contributed by atoms with E-state index in [9.17, 15) is 9.59 Å². The summed E-state index contributed by atoms with van der Waals surface area (Å²) in [7, 11) is 3.60. The Hall–Kier alpha value is -2.62. The minimum absolute atomic E-state index is 0.0487. The number of nitrogens with two attached hydrogens (primary N) is 1. The summed E-state index contributed by atoms with van der Waals surface area (Å²) in [5.41, 5.74) is 6.23. The topological polar surface area (TPSA) is 112 Å². The van der Waals surface area contributed by atoms with Crippen LogP contribution in [0.3, 0.4) is 0 Å². The third-order valence-electron chi connectivity index (χ3n) is 5.91. The van der Waals surface area contributed by atoms with Gasteiger partial charge in [-0.1, -0.05) is 0 Å². The lowest BCUT2D eigenvalue weighted by molar-refractivity contribution is -0.123. The Labute approximate surface area is 178 Å². The number of hydrogen-bond acceptors (Lipinski definition) is 5. The van der Waals surface area contributed by atoms with Gasteiger partial charge in [0.25, 0.3) is 0 Å². The van der Waals surface area contributed by atoms with Crippen molar-refractivity contribution in [1.29, 1.82) is 0 Å². The maximum atomic E-state index is 12.6. The molecular formula is C20H34N8O2. The number of rotatable bonds is 7. The number of nitrogens with one attached hydrogen (secondary N) is 1. The second-order valence-corrected chi connectivity index (χ2v) is 8.04. The highest BCUT2D eigenvalue weighted by atomic mass is 16.2. The normalized spacial score (nSPS) is 19.4. The molecule has 3 N–H and O–H groups in total. The number of carbonyl (C=O) groups is 2. The third kappa shape index (κ3) is 5.71. The fourth-order valence-corrected chi connectivity index (χ4v) is 4.11. The number of likely N-dealkylation sites (tertiary alicyclic amines) is 1. The van der Waals surface area contributed by atoms with E-state index in [0.29, 0.717) is 13.1 Å². The maximum absolute atomic E-state index is 12.6. The maximum Gasteiger partial charge on any atom is 0.246 e. The van der Waals surface area contributed by atoms with Crippen LogP contribution >= 0.6 is 0 Å². The summed E-state index contributed by atoms with van der Waals surface area (Å²) in [6.07, 6.45) is 7.43. The van der Waals surface area contributed by atoms with Crippen molar-refractivity contribution in [3.8, 4) is 0 Å². The average Bonchev–Trinajstić information content (AvgIpc) is 3.17. The zero-order valence-corrected chi connectivity index (χ0v) is 18.1. The van der Waals surface area contributed by atoms with Gasteiger partial charge in [-0.15, -0.1) is 0 Å². The van der Waals surface area contributed by atoms with E-state index in [0.717, 1.165) is 70.1 Å². The number of anilines is 1. The number of carbonyl (C=O) groups excluding carboxylic acids is 2. The summed E-state index contributed by atoms with van der Waals surface area (Å²) in [6.45, 7) is 5.42. The van der Waals surface area contributed by atoms with E-state index >= 15 is 0 Å². The second kappa shape index (κ2) is 10.4. The standard InChI is InChI=1S/C20H34N8O2/c1-22-20(23-7-3-4-8-26-9-5-16(6-10-26)19(21)30)27-11-12-28(18(29)15-27)17-13-24-25(2)14-17/h13-14,16H,3-12,15H2,1-2H3,(H2,21,30)(H,22,23). The summed E-state index contributed by atoms with van der Waals surface area (Å²) >= 11 is 0. The molecule has 1 aromatic rings. The first kappa shape index (κ1) is 22.1. The summed E-state index contributed by atoms with van der Waals surface area (Å²) in [5, 5.41) is 7.54. The van der Waals surface area contributed by atoms with Crippen molar-refractivity contribution in [2.45, 2.75) is 25.7 Å². The molecule has 1 aromatic heterocycles. The minimum atomic E-state index is -0.162. The molecule has 2 aliphatic heterocycles. The van der Waals surface area contributed by atoms with Gasteiger partial charge in [-0.3, -0.25) is 19.3 Å². The highest BCUT2D eigenvalue weighted by molar-refractivity contribution is 5.98. The lowest BCUT2D eigenvalue weighted by Gasteiger charge is -2.35. The van der Waals surface area contributed by atoms with E-state index in [1.165, 1.54) is 0 Å². The van der Waals surface area contributed by atoms with Crippen molar-refractivity contribution in [1.82, 2.24) is 24.9 Å². The molecule has 0 radical (unpaired) electrons. The zero-order chi connectivity index (χ0) is 21.5. The van der Waals surface area contributed by atoms with Gasteiger partial charge in [-0.25, -0.2) is 0 Å². The number of piperazine rings is 1. The first-order valence-corrected chi connectivity index (χ1v) is 10.7.